The summed E-state index contributed by atoms with van der Waals surface area (Å²) in [6.45, 7) is 3.72. The molecule has 20 heavy (non-hydrogen) atoms. The van der Waals surface area contributed by atoms with Gasteiger partial charge in [0.2, 0.25) is 0 Å². The van der Waals surface area contributed by atoms with E-state index in [0.717, 1.165) is 11.3 Å². The molecule has 0 aliphatic carbocycles. The minimum atomic E-state index is 0.00720. The number of ether oxygens (including phenoxy) is 1. The van der Waals surface area contributed by atoms with Crippen molar-refractivity contribution < 1.29 is 9.53 Å². The van der Waals surface area contributed by atoms with Gasteiger partial charge in [-0.25, -0.2) is 0 Å². The van der Waals surface area contributed by atoms with Gasteiger partial charge >= 0.3 is 0 Å². The van der Waals surface area contributed by atoms with E-state index in [1.807, 2.05) is 55.5 Å². The van der Waals surface area contributed by atoms with E-state index < -0.39 is 0 Å². The molecule has 2 heteroatoms. The Morgan fingerprint density at radius 1 is 1.15 bits per heavy atom. The fraction of sp³-hybridized carbons (Fsp3) is 0.167. The van der Waals surface area contributed by atoms with Crippen molar-refractivity contribution in [1.82, 2.24) is 0 Å². The van der Waals surface area contributed by atoms with E-state index in [1.54, 1.807) is 32.3 Å². The monoisotopic (exact) mass is 268 g/mol. The van der Waals surface area contributed by atoms with Crippen molar-refractivity contribution in [3.05, 3.63) is 71.9 Å². The molecule has 0 saturated heterocycles. The van der Waals surface area contributed by atoms with E-state index in [4.69, 9.17) is 4.74 Å². The van der Waals surface area contributed by atoms with Gasteiger partial charge in [-0.15, -0.1) is 0 Å². The van der Waals surface area contributed by atoms with Crippen LogP contribution in [-0.4, -0.2) is 12.9 Å². The molecule has 0 N–H and O–H groups in total. The molecule has 0 aromatic heterocycles. The number of carbonyl (C=O) groups excluding carboxylic acids is 1. The van der Waals surface area contributed by atoms with Crippen LogP contribution in [0.25, 0.3) is 6.08 Å². The molecule has 0 heterocycles. The number of para-hydroxylation sites is 1. The molecule has 0 fully saturated rings. The molecule has 0 spiro atoms. The average Bonchev–Trinajstić information content (AvgIpc) is 2.49. The predicted molar refractivity (Wildman–Crippen MR) is 84.7 cm³/mol. The van der Waals surface area contributed by atoms with E-state index in [9.17, 15) is 4.79 Å². The highest BCUT2D eigenvalue weighted by Crippen LogP contribution is 2.18. The Balaban J connectivity index is 2.69. The third-order valence-corrected chi connectivity index (χ3v) is 2.70. The quantitative estimate of drug-likeness (QED) is 0.566. The fourth-order valence-corrected chi connectivity index (χ4v) is 1.56. The van der Waals surface area contributed by atoms with Gasteiger partial charge in [0.1, 0.15) is 5.75 Å². The van der Waals surface area contributed by atoms with Crippen LogP contribution in [0.5, 0.6) is 5.75 Å². The van der Waals surface area contributed by atoms with E-state index in [1.165, 1.54) is 0 Å². The highest BCUT2D eigenvalue weighted by molar-refractivity contribution is 6.03. The van der Waals surface area contributed by atoms with Gasteiger partial charge in [0.25, 0.3) is 0 Å². The van der Waals surface area contributed by atoms with Crippen LogP contribution >= 0.6 is 0 Å². The number of allylic oxidation sites excluding steroid dienone is 7. The van der Waals surface area contributed by atoms with Gasteiger partial charge in [-0.3, -0.25) is 4.79 Å². The Labute approximate surface area is 120 Å². The molecule has 0 bridgehead atoms. The minimum absolute atomic E-state index is 0.00720. The van der Waals surface area contributed by atoms with Crippen molar-refractivity contribution in [2.75, 3.05) is 7.11 Å². The summed E-state index contributed by atoms with van der Waals surface area (Å²) in [5.74, 6) is 0.820. The maximum atomic E-state index is 11.7. The van der Waals surface area contributed by atoms with Gasteiger partial charge in [-0.05, 0) is 31.6 Å². The number of hydrogen-bond donors (Lipinski definition) is 0. The standard InChI is InChI=1S/C18H20O2/c1-4-5-10-15(2)17(19)13-8-6-11-16-12-7-9-14-18(16)20-3/h4-14H,1-3H3/b5-4-,11-6+,13-8+,15-10+. The Morgan fingerprint density at radius 3 is 2.60 bits per heavy atom. The van der Waals surface area contributed by atoms with Crippen LogP contribution in [0.3, 0.4) is 0 Å². The summed E-state index contributed by atoms with van der Waals surface area (Å²) < 4.78 is 5.25. The van der Waals surface area contributed by atoms with Crippen molar-refractivity contribution in [1.29, 1.82) is 0 Å². The normalized spacial score (nSPS) is 12.7. The second kappa shape index (κ2) is 8.70. The molecule has 0 saturated carbocycles. The lowest BCUT2D eigenvalue weighted by Gasteiger charge is -2.02. The van der Waals surface area contributed by atoms with Crippen LogP contribution in [0, 0.1) is 0 Å². The van der Waals surface area contributed by atoms with Crippen molar-refractivity contribution >= 4 is 11.9 Å². The lowest BCUT2D eigenvalue weighted by Crippen LogP contribution is -1.92. The molecule has 0 atom stereocenters. The first-order chi connectivity index (χ1) is 9.69. The molecule has 0 radical (unpaired) electrons. The molecule has 1 aromatic rings. The highest BCUT2D eigenvalue weighted by Gasteiger charge is 1.97. The summed E-state index contributed by atoms with van der Waals surface area (Å²) in [5.41, 5.74) is 1.69. The number of ketones is 1. The second-order valence-corrected chi connectivity index (χ2v) is 4.20. The molecule has 1 rings (SSSR count). The lowest BCUT2D eigenvalue weighted by atomic mass is 10.1. The van der Waals surface area contributed by atoms with Crippen LogP contribution in [-0.2, 0) is 4.79 Å². The topological polar surface area (TPSA) is 26.3 Å². The second-order valence-electron chi connectivity index (χ2n) is 4.20. The van der Waals surface area contributed by atoms with E-state index in [2.05, 4.69) is 0 Å². The van der Waals surface area contributed by atoms with Crippen LogP contribution in [0.1, 0.15) is 19.4 Å². The molecule has 2 nitrogen and oxygen atoms in total. The van der Waals surface area contributed by atoms with Gasteiger partial charge in [0.05, 0.1) is 7.11 Å². The first kappa shape index (κ1) is 15.7. The number of benzene rings is 1. The van der Waals surface area contributed by atoms with Crippen molar-refractivity contribution in [2.45, 2.75) is 13.8 Å². The third-order valence-electron chi connectivity index (χ3n) is 2.70. The van der Waals surface area contributed by atoms with Crippen LogP contribution in [0.2, 0.25) is 0 Å². The largest absolute Gasteiger partial charge is 0.496 e. The summed E-state index contributed by atoms with van der Waals surface area (Å²) in [4.78, 5) is 11.7. The van der Waals surface area contributed by atoms with E-state index >= 15 is 0 Å². The van der Waals surface area contributed by atoms with Gasteiger partial charge in [0.15, 0.2) is 5.78 Å². The van der Waals surface area contributed by atoms with Crippen molar-refractivity contribution in [3.8, 4) is 5.75 Å². The van der Waals surface area contributed by atoms with Gasteiger partial charge in [0, 0.05) is 5.56 Å². The zero-order chi connectivity index (χ0) is 14.8. The molecule has 0 amide bonds. The summed E-state index contributed by atoms with van der Waals surface area (Å²) in [6.07, 6.45) is 12.6. The van der Waals surface area contributed by atoms with E-state index in [-0.39, 0.29) is 5.78 Å². The maximum absolute atomic E-state index is 11.7. The van der Waals surface area contributed by atoms with Crippen LogP contribution in [0.4, 0.5) is 0 Å². The summed E-state index contributed by atoms with van der Waals surface area (Å²) >= 11 is 0. The van der Waals surface area contributed by atoms with E-state index in [0.29, 0.717) is 5.57 Å². The lowest BCUT2D eigenvalue weighted by molar-refractivity contribution is -0.111. The number of methoxy groups -OCH3 is 1. The predicted octanol–water partition coefficient (Wildman–Crippen LogP) is 4.36. The molecule has 1 aromatic carbocycles. The zero-order valence-corrected chi connectivity index (χ0v) is 12.2. The molecule has 0 aliphatic rings. The maximum Gasteiger partial charge on any atom is 0.181 e. The van der Waals surface area contributed by atoms with Crippen LogP contribution in [0.15, 0.2) is 66.3 Å². The minimum Gasteiger partial charge on any atom is -0.496 e. The molecular weight excluding hydrogens is 248 g/mol. The molecule has 104 valence electrons. The Hall–Kier alpha value is -2.35. The number of rotatable bonds is 6. The molecule has 0 aliphatic heterocycles. The molecular formula is C18H20O2. The fourth-order valence-electron chi connectivity index (χ4n) is 1.56. The van der Waals surface area contributed by atoms with Crippen molar-refractivity contribution in [2.24, 2.45) is 0 Å². The number of carbonyl (C=O) groups is 1. The SMILES string of the molecule is C/C=C\C=C(/C)C(=O)/C=C/C=C/c1ccccc1OC. The third kappa shape index (κ3) is 5.11. The van der Waals surface area contributed by atoms with Gasteiger partial charge < -0.3 is 4.74 Å². The Morgan fingerprint density at radius 2 is 1.90 bits per heavy atom. The molecule has 0 unspecified atom stereocenters. The average molecular weight is 268 g/mol. The summed E-state index contributed by atoms with van der Waals surface area (Å²) in [6, 6.07) is 7.73. The number of hydrogen-bond acceptors (Lipinski definition) is 2. The Kier molecular flexibility index (Phi) is 6.83. The van der Waals surface area contributed by atoms with Gasteiger partial charge in [-0.2, -0.15) is 0 Å². The zero-order valence-electron chi connectivity index (χ0n) is 12.2. The van der Waals surface area contributed by atoms with Crippen LogP contribution < -0.4 is 4.74 Å². The smallest absolute Gasteiger partial charge is 0.181 e. The van der Waals surface area contributed by atoms with Crippen molar-refractivity contribution in [3.63, 3.8) is 0 Å². The highest BCUT2D eigenvalue weighted by atomic mass is 16.5. The summed E-state index contributed by atoms with van der Waals surface area (Å²) in [7, 11) is 1.64. The summed E-state index contributed by atoms with van der Waals surface area (Å²) in [5, 5.41) is 0. The Bertz CT molecular complexity index is 561. The first-order valence-corrected chi connectivity index (χ1v) is 6.50. The van der Waals surface area contributed by atoms with Gasteiger partial charge in [-0.1, -0.05) is 54.7 Å². The first-order valence-electron chi connectivity index (χ1n) is 6.50.